The lowest BCUT2D eigenvalue weighted by molar-refractivity contribution is -0.140. The summed E-state index contributed by atoms with van der Waals surface area (Å²) < 4.78 is 38.1. The van der Waals surface area contributed by atoms with E-state index in [1.54, 1.807) is 0 Å². The number of aromatic nitrogens is 1. The van der Waals surface area contributed by atoms with Crippen LogP contribution < -0.4 is 0 Å². The Bertz CT molecular complexity index is 453. The number of hydrogen-bond donors (Lipinski definition) is 2. The van der Waals surface area contributed by atoms with Gasteiger partial charge in [-0.2, -0.15) is 13.2 Å². The van der Waals surface area contributed by atoms with Crippen LogP contribution in [-0.2, 0) is 11.0 Å². The number of thioether (sulfide) groups is 1. The van der Waals surface area contributed by atoms with E-state index >= 15 is 0 Å². The van der Waals surface area contributed by atoms with Crippen LogP contribution in [-0.4, -0.2) is 32.2 Å². The highest BCUT2D eigenvalue weighted by atomic mass is 32.2. The van der Waals surface area contributed by atoms with E-state index in [1.165, 1.54) is 6.92 Å². The molecular weight excluding hydrogens is 283 g/mol. The first-order valence-corrected chi connectivity index (χ1v) is 6.23. The van der Waals surface area contributed by atoms with Crippen LogP contribution in [0.15, 0.2) is 18.3 Å². The van der Waals surface area contributed by atoms with Crippen LogP contribution in [0.2, 0.25) is 0 Å². The Hall–Kier alpha value is -1.12. The molecule has 1 aromatic heterocycles. The summed E-state index contributed by atoms with van der Waals surface area (Å²) in [6, 6.07) is 1.87. The van der Waals surface area contributed by atoms with E-state index in [9.17, 15) is 28.2 Å². The lowest BCUT2D eigenvalue weighted by Gasteiger charge is -2.20. The number of rotatable bonds is 4. The van der Waals surface area contributed by atoms with Crippen molar-refractivity contribution in [1.82, 2.24) is 4.98 Å². The summed E-state index contributed by atoms with van der Waals surface area (Å²) in [5.74, 6) is -0.204. The largest absolute Gasteiger partial charge is 0.418 e. The molecule has 0 fully saturated rings. The monoisotopic (exact) mass is 295 g/mol. The lowest BCUT2D eigenvalue weighted by Crippen LogP contribution is -2.25. The minimum Gasteiger partial charge on any atom is -0.389 e. The van der Waals surface area contributed by atoms with Gasteiger partial charge in [0.05, 0.1) is 17.4 Å². The third-order valence-corrected chi connectivity index (χ3v) is 3.16. The first-order chi connectivity index (χ1) is 8.73. The number of carbonyl (C=O) groups excluding carboxylic acids is 1. The van der Waals surface area contributed by atoms with Crippen molar-refractivity contribution in [3.8, 4) is 0 Å². The van der Waals surface area contributed by atoms with Crippen molar-refractivity contribution in [1.29, 1.82) is 0 Å². The fourth-order valence-corrected chi connectivity index (χ4v) is 1.96. The zero-order chi connectivity index (χ0) is 14.6. The number of aliphatic hydroxyl groups is 2. The molecule has 0 aromatic carbocycles. The molecule has 19 heavy (non-hydrogen) atoms. The van der Waals surface area contributed by atoms with E-state index in [4.69, 9.17) is 0 Å². The Balaban J connectivity index is 2.93. The van der Waals surface area contributed by atoms with E-state index in [1.807, 2.05) is 0 Å². The highest BCUT2D eigenvalue weighted by Gasteiger charge is 2.37. The van der Waals surface area contributed by atoms with Gasteiger partial charge in [-0.15, -0.1) is 0 Å². The fourth-order valence-electron chi connectivity index (χ4n) is 1.37. The third kappa shape index (κ3) is 4.48. The zero-order valence-electron chi connectivity index (χ0n) is 9.89. The van der Waals surface area contributed by atoms with Crippen LogP contribution in [0.5, 0.6) is 0 Å². The first kappa shape index (κ1) is 15.9. The molecule has 1 rings (SSSR count). The summed E-state index contributed by atoms with van der Waals surface area (Å²) in [5, 5.41) is 19.0. The summed E-state index contributed by atoms with van der Waals surface area (Å²) in [6.45, 7) is 1.26. The second-order valence-corrected chi connectivity index (χ2v) is 4.95. The predicted octanol–water partition coefficient (Wildman–Crippen LogP) is 1.77. The maximum absolute atomic E-state index is 12.7. The molecule has 0 amide bonds. The van der Waals surface area contributed by atoms with Gasteiger partial charge in [-0.25, -0.2) is 0 Å². The average Bonchev–Trinajstić information content (AvgIpc) is 2.34. The lowest BCUT2D eigenvalue weighted by atomic mass is 10.1. The van der Waals surface area contributed by atoms with Gasteiger partial charge in [0, 0.05) is 18.9 Å². The molecular formula is C11H12F3NO3S. The summed E-state index contributed by atoms with van der Waals surface area (Å²) in [5.41, 5.74) is -1.75. The van der Waals surface area contributed by atoms with Crippen LogP contribution in [0.25, 0.3) is 0 Å². The number of hydrogen-bond acceptors (Lipinski definition) is 5. The van der Waals surface area contributed by atoms with E-state index < -0.39 is 29.6 Å². The molecule has 8 heteroatoms. The molecule has 2 atom stereocenters. The Labute approximate surface area is 111 Å². The van der Waals surface area contributed by atoms with Gasteiger partial charge in [0.1, 0.15) is 6.10 Å². The van der Waals surface area contributed by atoms with Crippen molar-refractivity contribution < 1.29 is 28.2 Å². The zero-order valence-corrected chi connectivity index (χ0v) is 10.7. The van der Waals surface area contributed by atoms with Crippen LogP contribution in [0.3, 0.4) is 0 Å². The molecule has 0 aliphatic heterocycles. The number of nitrogens with zero attached hydrogens (tertiary/aromatic N) is 1. The van der Waals surface area contributed by atoms with Crippen molar-refractivity contribution in [3.05, 3.63) is 29.6 Å². The molecule has 0 radical (unpaired) electrons. The van der Waals surface area contributed by atoms with Gasteiger partial charge in [-0.3, -0.25) is 9.78 Å². The van der Waals surface area contributed by atoms with Gasteiger partial charge in [-0.1, -0.05) is 11.8 Å². The maximum atomic E-state index is 12.7. The Morgan fingerprint density at radius 1 is 1.47 bits per heavy atom. The Morgan fingerprint density at radius 3 is 2.63 bits per heavy atom. The van der Waals surface area contributed by atoms with Gasteiger partial charge >= 0.3 is 6.18 Å². The SMILES string of the molecule is CC(=O)SCC(O)C(O)c1ncccc1C(F)(F)F. The summed E-state index contributed by atoms with van der Waals surface area (Å²) >= 11 is 0.718. The molecule has 0 bridgehead atoms. The summed E-state index contributed by atoms with van der Waals surface area (Å²) in [4.78, 5) is 14.2. The van der Waals surface area contributed by atoms with Gasteiger partial charge in [-0.05, 0) is 12.1 Å². The van der Waals surface area contributed by atoms with Gasteiger partial charge in [0.15, 0.2) is 5.12 Å². The molecule has 1 aromatic rings. The average molecular weight is 295 g/mol. The van der Waals surface area contributed by atoms with E-state index in [0.29, 0.717) is 0 Å². The summed E-state index contributed by atoms with van der Waals surface area (Å²) in [6.07, 6.45) is -6.88. The standard InChI is InChI=1S/C11H12F3NO3S/c1-6(16)19-5-8(17)10(18)9-7(11(12,13)14)3-2-4-15-9/h2-4,8,10,17-18H,5H2,1H3. The second kappa shape index (κ2) is 6.36. The van der Waals surface area contributed by atoms with Crippen molar-refractivity contribution in [2.24, 2.45) is 0 Å². The molecule has 0 saturated heterocycles. The van der Waals surface area contributed by atoms with E-state index in [-0.39, 0.29) is 10.9 Å². The van der Waals surface area contributed by atoms with Crippen LogP contribution in [0.1, 0.15) is 24.3 Å². The molecule has 106 valence electrons. The van der Waals surface area contributed by atoms with Crippen molar-refractivity contribution in [2.45, 2.75) is 25.3 Å². The number of carbonyl (C=O) groups is 1. The molecule has 4 nitrogen and oxygen atoms in total. The minimum absolute atomic E-state index is 0.204. The first-order valence-electron chi connectivity index (χ1n) is 5.25. The van der Waals surface area contributed by atoms with Crippen molar-refractivity contribution in [3.63, 3.8) is 0 Å². The van der Waals surface area contributed by atoms with Gasteiger partial charge < -0.3 is 10.2 Å². The molecule has 0 aliphatic carbocycles. The van der Waals surface area contributed by atoms with Crippen LogP contribution >= 0.6 is 11.8 Å². The highest BCUT2D eigenvalue weighted by Crippen LogP contribution is 2.34. The topological polar surface area (TPSA) is 70.4 Å². The Kier molecular flexibility index (Phi) is 5.33. The highest BCUT2D eigenvalue weighted by molar-refractivity contribution is 8.13. The quantitative estimate of drug-likeness (QED) is 0.886. The van der Waals surface area contributed by atoms with Crippen LogP contribution in [0.4, 0.5) is 13.2 Å². The van der Waals surface area contributed by atoms with Crippen LogP contribution in [0, 0.1) is 0 Å². The van der Waals surface area contributed by atoms with Crippen molar-refractivity contribution in [2.75, 3.05) is 5.75 Å². The predicted molar refractivity (Wildman–Crippen MR) is 63.3 cm³/mol. The Morgan fingerprint density at radius 2 is 2.11 bits per heavy atom. The maximum Gasteiger partial charge on any atom is 0.418 e. The van der Waals surface area contributed by atoms with Gasteiger partial charge in [0.25, 0.3) is 0 Å². The smallest absolute Gasteiger partial charge is 0.389 e. The minimum atomic E-state index is -4.67. The number of halogens is 3. The molecule has 1 heterocycles. The van der Waals surface area contributed by atoms with E-state index in [2.05, 4.69) is 4.98 Å². The second-order valence-electron chi connectivity index (χ2n) is 3.75. The number of aliphatic hydroxyl groups excluding tert-OH is 2. The third-order valence-electron chi connectivity index (χ3n) is 2.25. The molecule has 0 spiro atoms. The molecule has 2 unspecified atom stereocenters. The fraction of sp³-hybridized carbons (Fsp3) is 0.455. The van der Waals surface area contributed by atoms with Gasteiger partial charge in [0.2, 0.25) is 0 Å². The number of alkyl halides is 3. The van der Waals surface area contributed by atoms with E-state index in [0.717, 1.165) is 30.1 Å². The van der Waals surface area contributed by atoms with Crippen molar-refractivity contribution >= 4 is 16.9 Å². The normalized spacial score (nSPS) is 15.1. The summed E-state index contributed by atoms with van der Waals surface area (Å²) in [7, 11) is 0. The molecule has 0 aliphatic rings. The number of pyridine rings is 1. The molecule has 0 saturated carbocycles. The molecule has 2 N–H and O–H groups in total.